The lowest BCUT2D eigenvalue weighted by Crippen LogP contribution is -2.46. The van der Waals surface area contributed by atoms with E-state index in [1.165, 1.54) is 49.7 Å². The van der Waals surface area contributed by atoms with Crippen LogP contribution in [0.3, 0.4) is 0 Å². The van der Waals surface area contributed by atoms with Crippen molar-refractivity contribution in [2.24, 2.45) is 0 Å². The number of aryl methyl sites for hydroxylation is 1. The van der Waals surface area contributed by atoms with Crippen molar-refractivity contribution in [3.63, 3.8) is 0 Å². The van der Waals surface area contributed by atoms with Crippen molar-refractivity contribution < 1.29 is 19.4 Å². The molecule has 46 heavy (non-hydrogen) atoms. The standard InChI is InChI=1S/C37H44N4O2.CH2O2/c1-28-38-34-15-8-9-16-35(34)41(28)33-25-31-17-18-32(26-33)40(31)22-10-19-37(30-13-6-3-7-14-30)20-23-39(24-21-37)36(42)43-27-29-11-4-2-5-12-29;2-1-3/h2-9,11-16,31-33H,10,17-27H2,1H3;1H,(H,2,3)/t31-,32+,33?;. The number of ether oxygens (including phenoxy) is 1. The molecule has 0 aliphatic carbocycles. The number of para-hydroxylation sites is 2. The van der Waals surface area contributed by atoms with Crippen LogP contribution in [-0.2, 0) is 21.6 Å². The summed E-state index contributed by atoms with van der Waals surface area (Å²) in [6.07, 6.45) is 9.22. The van der Waals surface area contributed by atoms with Crippen molar-refractivity contribution >= 4 is 23.6 Å². The summed E-state index contributed by atoms with van der Waals surface area (Å²) in [5, 5.41) is 6.89. The molecule has 242 valence electrons. The third-order valence-corrected chi connectivity index (χ3v) is 10.6. The summed E-state index contributed by atoms with van der Waals surface area (Å²) in [5.41, 5.74) is 4.98. The Morgan fingerprint density at radius 1 is 0.913 bits per heavy atom. The normalized spacial score (nSPS) is 22.2. The Hall–Kier alpha value is -4.17. The van der Waals surface area contributed by atoms with Gasteiger partial charge in [-0.25, -0.2) is 9.78 Å². The molecule has 1 N–H and O–H groups in total. The molecule has 3 aliphatic rings. The Labute approximate surface area is 272 Å². The van der Waals surface area contributed by atoms with Gasteiger partial charge in [0.05, 0.1) is 11.0 Å². The molecule has 0 spiro atoms. The van der Waals surface area contributed by atoms with Crippen LogP contribution in [0.5, 0.6) is 0 Å². The molecule has 8 nitrogen and oxygen atoms in total. The van der Waals surface area contributed by atoms with Gasteiger partial charge in [0.15, 0.2) is 0 Å². The molecule has 3 atom stereocenters. The minimum atomic E-state index is -0.250. The lowest BCUT2D eigenvalue weighted by Gasteiger charge is -2.43. The van der Waals surface area contributed by atoms with Crippen molar-refractivity contribution in [1.82, 2.24) is 19.4 Å². The Balaban J connectivity index is 0.00000119. The van der Waals surface area contributed by atoms with Gasteiger partial charge in [-0.3, -0.25) is 9.69 Å². The van der Waals surface area contributed by atoms with Gasteiger partial charge in [0.2, 0.25) is 0 Å². The maximum Gasteiger partial charge on any atom is 0.410 e. The van der Waals surface area contributed by atoms with E-state index in [-0.39, 0.29) is 18.0 Å². The summed E-state index contributed by atoms with van der Waals surface area (Å²) >= 11 is 0. The number of hydrogen-bond donors (Lipinski definition) is 1. The number of aromatic nitrogens is 2. The van der Waals surface area contributed by atoms with E-state index in [1.54, 1.807) is 0 Å². The number of carboxylic acid groups (broad SMARTS) is 1. The van der Waals surface area contributed by atoms with Gasteiger partial charge < -0.3 is 19.3 Å². The number of nitrogens with zero attached hydrogens (tertiary/aromatic N) is 4. The van der Waals surface area contributed by atoms with E-state index in [9.17, 15) is 4.79 Å². The summed E-state index contributed by atoms with van der Waals surface area (Å²) < 4.78 is 8.20. The van der Waals surface area contributed by atoms with Crippen molar-refractivity contribution in [2.75, 3.05) is 19.6 Å². The average molecular weight is 623 g/mol. The van der Waals surface area contributed by atoms with Crippen LogP contribution in [0, 0.1) is 6.92 Å². The zero-order valence-electron chi connectivity index (χ0n) is 26.8. The topological polar surface area (TPSA) is 87.9 Å². The lowest BCUT2D eigenvalue weighted by atomic mass is 9.70. The van der Waals surface area contributed by atoms with Gasteiger partial charge in [0.1, 0.15) is 12.4 Å². The number of carbonyl (C=O) groups is 2. The van der Waals surface area contributed by atoms with E-state index < -0.39 is 0 Å². The minimum Gasteiger partial charge on any atom is -0.483 e. The van der Waals surface area contributed by atoms with Crippen LogP contribution >= 0.6 is 0 Å². The van der Waals surface area contributed by atoms with Crippen molar-refractivity contribution in [1.29, 1.82) is 0 Å². The Morgan fingerprint density at radius 3 is 2.20 bits per heavy atom. The van der Waals surface area contributed by atoms with Crippen LogP contribution in [0.1, 0.15) is 74.4 Å². The van der Waals surface area contributed by atoms with Crippen LogP contribution in [0.25, 0.3) is 11.0 Å². The van der Waals surface area contributed by atoms with E-state index in [2.05, 4.69) is 71.0 Å². The molecule has 7 rings (SSSR count). The van der Waals surface area contributed by atoms with Gasteiger partial charge in [0.25, 0.3) is 6.47 Å². The number of fused-ring (bicyclic) bond motifs is 3. The van der Waals surface area contributed by atoms with Gasteiger partial charge in [-0.1, -0.05) is 72.8 Å². The van der Waals surface area contributed by atoms with E-state index in [0.29, 0.717) is 24.7 Å². The third-order valence-electron chi connectivity index (χ3n) is 10.6. The molecular formula is C38H46N4O4. The van der Waals surface area contributed by atoms with E-state index >= 15 is 0 Å². The molecule has 4 heterocycles. The first kappa shape index (κ1) is 31.8. The number of imidazole rings is 1. The third kappa shape index (κ3) is 6.82. The molecule has 3 aliphatic heterocycles. The van der Waals surface area contributed by atoms with Gasteiger partial charge in [-0.05, 0) is 93.5 Å². The summed E-state index contributed by atoms with van der Waals surface area (Å²) in [6.45, 7) is 4.92. The minimum absolute atomic E-state index is 0.113. The van der Waals surface area contributed by atoms with E-state index in [1.807, 2.05) is 35.2 Å². The Morgan fingerprint density at radius 2 is 1.52 bits per heavy atom. The first-order valence-electron chi connectivity index (χ1n) is 16.8. The van der Waals surface area contributed by atoms with Crippen LogP contribution in [0.2, 0.25) is 0 Å². The number of benzene rings is 3. The lowest BCUT2D eigenvalue weighted by molar-refractivity contribution is -0.122. The number of piperidine rings is 2. The molecule has 1 unspecified atom stereocenters. The molecule has 2 bridgehead atoms. The second kappa shape index (κ2) is 14.5. The summed E-state index contributed by atoms with van der Waals surface area (Å²) in [4.78, 5) is 30.9. The predicted octanol–water partition coefficient (Wildman–Crippen LogP) is 7.36. The van der Waals surface area contributed by atoms with Gasteiger partial charge in [0, 0.05) is 31.2 Å². The van der Waals surface area contributed by atoms with Crippen molar-refractivity contribution in [3.8, 4) is 0 Å². The zero-order valence-corrected chi connectivity index (χ0v) is 26.8. The maximum atomic E-state index is 12.9. The highest BCUT2D eigenvalue weighted by molar-refractivity contribution is 5.76. The quantitative estimate of drug-likeness (QED) is 0.207. The van der Waals surface area contributed by atoms with Gasteiger partial charge in [-0.2, -0.15) is 0 Å². The number of carbonyl (C=O) groups excluding carboxylic acids is 1. The average Bonchev–Trinajstić information content (AvgIpc) is 3.55. The maximum absolute atomic E-state index is 12.9. The molecule has 1 amide bonds. The molecule has 4 aromatic rings. The zero-order chi connectivity index (χ0) is 31.9. The number of likely N-dealkylation sites (tertiary alicyclic amines) is 1. The fourth-order valence-electron chi connectivity index (χ4n) is 8.45. The van der Waals surface area contributed by atoms with E-state index in [0.717, 1.165) is 49.3 Å². The second-order valence-corrected chi connectivity index (χ2v) is 13.1. The monoisotopic (exact) mass is 622 g/mol. The smallest absolute Gasteiger partial charge is 0.410 e. The van der Waals surface area contributed by atoms with Crippen LogP contribution in [0.4, 0.5) is 4.79 Å². The molecule has 0 saturated carbocycles. The fourth-order valence-corrected chi connectivity index (χ4v) is 8.45. The van der Waals surface area contributed by atoms with Crippen molar-refractivity contribution in [2.45, 2.75) is 88.4 Å². The SMILES string of the molecule is Cc1nc2ccccc2n1C1C[C@H]2CC[C@@H](C1)N2CCCC1(c2ccccc2)CCN(C(=O)OCc2ccccc2)CC1.O=CO. The summed E-state index contributed by atoms with van der Waals surface area (Å²) in [5.74, 6) is 1.15. The number of hydrogen-bond acceptors (Lipinski definition) is 5. The fraction of sp³-hybridized carbons (Fsp3) is 0.447. The molecule has 3 saturated heterocycles. The predicted molar refractivity (Wildman–Crippen MR) is 180 cm³/mol. The highest BCUT2D eigenvalue weighted by atomic mass is 16.6. The summed E-state index contributed by atoms with van der Waals surface area (Å²) in [6, 6.07) is 31.5. The highest BCUT2D eigenvalue weighted by Crippen LogP contribution is 2.44. The largest absolute Gasteiger partial charge is 0.483 e. The summed E-state index contributed by atoms with van der Waals surface area (Å²) in [7, 11) is 0. The van der Waals surface area contributed by atoms with Gasteiger partial charge in [-0.15, -0.1) is 0 Å². The molecular weight excluding hydrogens is 576 g/mol. The number of amides is 1. The van der Waals surface area contributed by atoms with Gasteiger partial charge >= 0.3 is 6.09 Å². The van der Waals surface area contributed by atoms with E-state index in [4.69, 9.17) is 19.6 Å². The van der Waals surface area contributed by atoms with Crippen LogP contribution in [-0.4, -0.2) is 68.7 Å². The molecule has 0 radical (unpaired) electrons. The number of rotatable bonds is 8. The first-order valence-corrected chi connectivity index (χ1v) is 16.8. The molecule has 3 aromatic carbocycles. The Bertz CT molecular complexity index is 1570. The molecule has 1 aromatic heterocycles. The second-order valence-electron chi connectivity index (χ2n) is 13.1. The van der Waals surface area contributed by atoms with Crippen molar-refractivity contribution in [3.05, 3.63) is 102 Å². The highest BCUT2D eigenvalue weighted by Gasteiger charge is 2.42. The van der Waals surface area contributed by atoms with Crippen LogP contribution < -0.4 is 0 Å². The first-order chi connectivity index (χ1) is 22.5. The molecule has 8 heteroatoms. The Kier molecular flexibility index (Phi) is 10.0. The molecule has 3 fully saturated rings. The van der Waals surface area contributed by atoms with Crippen LogP contribution in [0.15, 0.2) is 84.9 Å².